The summed E-state index contributed by atoms with van der Waals surface area (Å²) in [5.74, 6) is 1.68. The SMILES string of the molecule is CNc1cc(C(C)(C)C)nc(-c2ccc(C(C)(C)C)s2)n1. The summed E-state index contributed by atoms with van der Waals surface area (Å²) in [5.41, 5.74) is 1.23. The Bertz CT molecular complexity index is 630. The maximum atomic E-state index is 4.78. The lowest BCUT2D eigenvalue weighted by Crippen LogP contribution is -2.15. The van der Waals surface area contributed by atoms with Gasteiger partial charge < -0.3 is 5.32 Å². The Labute approximate surface area is 131 Å². The summed E-state index contributed by atoms with van der Waals surface area (Å²) < 4.78 is 0. The van der Waals surface area contributed by atoms with Gasteiger partial charge in [-0.3, -0.25) is 0 Å². The molecule has 2 aromatic rings. The van der Waals surface area contributed by atoms with E-state index in [2.05, 4.69) is 64.0 Å². The first-order valence-corrected chi connectivity index (χ1v) is 8.11. The van der Waals surface area contributed by atoms with Crippen LogP contribution in [-0.4, -0.2) is 17.0 Å². The summed E-state index contributed by atoms with van der Waals surface area (Å²) in [6.45, 7) is 13.2. The highest BCUT2D eigenvalue weighted by Gasteiger charge is 2.21. The van der Waals surface area contributed by atoms with Crippen molar-refractivity contribution >= 4 is 17.2 Å². The second kappa shape index (κ2) is 5.41. The molecule has 0 unspecified atom stereocenters. The summed E-state index contributed by atoms with van der Waals surface area (Å²) in [4.78, 5) is 11.9. The fourth-order valence-corrected chi connectivity index (χ4v) is 2.93. The normalized spacial score (nSPS) is 12.5. The van der Waals surface area contributed by atoms with Crippen molar-refractivity contribution in [1.29, 1.82) is 0 Å². The Balaban J connectivity index is 2.51. The van der Waals surface area contributed by atoms with E-state index >= 15 is 0 Å². The minimum atomic E-state index is 0.00735. The van der Waals surface area contributed by atoms with Crippen LogP contribution in [-0.2, 0) is 10.8 Å². The lowest BCUT2D eigenvalue weighted by atomic mass is 9.92. The van der Waals surface area contributed by atoms with Crippen LogP contribution in [0.3, 0.4) is 0 Å². The molecular formula is C17H25N3S. The van der Waals surface area contributed by atoms with Gasteiger partial charge in [0.05, 0.1) is 10.6 Å². The topological polar surface area (TPSA) is 37.8 Å². The lowest BCUT2D eigenvalue weighted by Gasteiger charge is -2.19. The Kier molecular flexibility index (Phi) is 4.11. The smallest absolute Gasteiger partial charge is 0.171 e. The predicted octanol–water partition coefficient (Wildman–Crippen LogP) is 4.84. The van der Waals surface area contributed by atoms with E-state index in [9.17, 15) is 0 Å². The van der Waals surface area contributed by atoms with Crippen LogP contribution in [0.15, 0.2) is 18.2 Å². The lowest BCUT2D eigenvalue weighted by molar-refractivity contribution is 0.568. The molecule has 1 N–H and O–H groups in total. The number of nitrogens with zero attached hydrogens (tertiary/aromatic N) is 2. The zero-order valence-electron chi connectivity index (χ0n) is 14.0. The van der Waals surface area contributed by atoms with Crippen molar-refractivity contribution in [2.45, 2.75) is 52.4 Å². The molecule has 4 heteroatoms. The highest BCUT2D eigenvalue weighted by atomic mass is 32.1. The van der Waals surface area contributed by atoms with Gasteiger partial charge in [-0.25, -0.2) is 9.97 Å². The van der Waals surface area contributed by atoms with Crippen LogP contribution in [0.1, 0.15) is 52.1 Å². The van der Waals surface area contributed by atoms with E-state index < -0.39 is 0 Å². The van der Waals surface area contributed by atoms with Gasteiger partial charge >= 0.3 is 0 Å². The van der Waals surface area contributed by atoms with E-state index in [4.69, 9.17) is 4.98 Å². The van der Waals surface area contributed by atoms with Crippen LogP contribution in [0.5, 0.6) is 0 Å². The highest BCUT2D eigenvalue weighted by Crippen LogP contribution is 2.34. The zero-order valence-corrected chi connectivity index (χ0v) is 14.9. The van der Waals surface area contributed by atoms with Crippen LogP contribution in [0.25, 0.3) is 10.7 Å². The predicted molar refractivity (Wildman–Crippen MR) is 92.3 cm³/mol. The number of hydrogen-bond donors (Lipinski definition) is 1. The molecule has 2 heterocycles. The van der Waals surface area contributed by atoms with Gasteiger partial charge in [-0.15, -0.1) is 11.3 Å². The standard InChI is InChI=1S/C17H25N3S/c1-16(2,3)12-10-14(18-7)20-15(19-12)11-8-9-13(21-11)17(4,5)6/h8-10H,1-7H3,(H,18,19,20). The number of thiophene rings is 1. The van der Waals surface area contributed by atoms with Crippen LogP contribution < -0.4 is 5.32 Å². The molecule has 0 aliphatic carbocycles. The summed E-state index contributed by atoms with van der Waals surface area (Å²) in [7, 11) is 1.90. The third-order valence-corrected chi connectivity index (χ3v) is 4.82. The molecule has 0 fully saturated rings. The molecule has 0 aliphatic rings. The fraction of sp³-hybridized carbons (Fsp3) is 0.529. The van der Waals surface area contributed by atoms with Gasteiger partial charge in [0.15, 0.2) is 5.82 Å². The molecule has 21 heavy (non-hydrogen) atoms. The average Bonchev–Trinajstić information content (AvgIpc) is 2.86. The van der Waals surface area contributed by atoms with Crippen molar-refractivity contribution < 1.29 is 0 Å². The van der Waals surface area contributed by atoms with Crippen LogP contribution >= 0.6 is 11.3 Å². The van der Waals surface area contributed by atoms with Crippen LogP contribution in [0.4, 0.5) is 5.82 Å². The van der Waals surface area contributed by atoms with Crippen LogP contribution in [0.2, 0.25) is 0 Å². The Morgan fingerprint density at radius 1 is 0.952 bits per heavy atom. The second-order valence-electron chi connectivity index (χ2n) is 7.38. The molecule has 0 saturated heterocycles. The van der Waals surface area contributed by atoms with Crippen molar-refractivity contribution in [3.05, 3.63) is 28.8 Å². The number of rotatable bonds is 2. The quantitative estimate of drug-likeness (QED) is 0.862. The first kappa shape index (κ1) is 16.0. The van der Waals surface area contributed by atoms with E-state index in [1.54, 1.807) is 11.3 Å². The Hall–Kier alpha value is -1.42. The number of aromatic nitrogens is 2. The number of anilines is 1. The molecule has 0 atom stereocenters. The van der Waals surface area contributed by atoms with E-state index in [-0.39, 0.29) is 10.8 Å². The number of hydrogen-bond acceptors (Lipinski definition) is 4. The number of nitrogens with one attached hydrogen (secondary N) is 1. The molecule has 0 aliphatic heterocycles. The molecule has 0 aromatic carbocycles. The molecule has 0 radical (unpaired) electrons. The molecule has 114 valence electrons. The molecule has 0 spiro atoms. The third-order valence-electron chi connectivity index (χ3n) is 3.32. The summed E-state index contributed by atoms with van der Waals surface area (Å²) in [6, 6.07) is 6.35. The van der Waals surface area contributed by atoms with Crippen LogP contribution in [0, 0.1) is 0 Å². The summed E-state index contributed by atoms with van der Waals surface area (Å²) >= 11 is 1.78. The highest BCUT2D eigenvalue weighted by molar-refractivity contribution is 7.15. The Morgan fingerprint density at radius 3 is 2.10 bits per heavy atom. The molecule has 0 bridgehead atoms. The van der Waals surface area contributed by atoms with Crippen molar-refractivity contribution in [1.82, 2.24) is 9.97 Å². The van der Waals surface area contributed by atoms with Crippen molar-refractivity contribution in [2.75, 3.05) is 12.4 Å². The molecule has 0 saturated carbocycles. The molecule has 2 rings (SSSR count). The summed E-state index contributed by atoms with van der Waals surface area (Å²) in [5, 5.41) is 3.14. The van der Waals surface area contributed by atoms with Crippen molar-refractivity contribution in [3.63, 3.8) is 0 Å². The average molecular weight is 303 g/mol. The molecule has 3 nitrogen and oxygen atoms in total. The van der Waals surface area contributed by atoms with E-state index in [1.807, 2.05) is 13.1 Å². The van der Waals surface area contributed by atoms with Gasteiger partial charge in [-0.1, -0.05) is 41.5 Å². The van der Waals surface area contributed by atoms with Gasteiger partial charge in [0.25, 0.3) is 0 Å². The zero-order chi connectivity index (χ0) is 15.8. The molecule has 0 amide bonds. The van der Waals surface area contributed by atoms with Gasteiger partial charge in [0.1, 0.15) is 5.82 Å². The first-order chi connectivity index (χ1) is 9.61. The third kappa shape index (κ3) is 3.62. The molecular weight excluding hydrogens is 278 g/mol. The first-order valence-electron chi connectivity index (χ1n) is 7.29. The van der Waals surface area contributed by atoms with Gasteiger partial charge in [0, 0.05) is 23.4 Å². The van der Waals surface area contributed by atoms with E-state index in [0.717, 1.165) is 22.2 Å². The van der Waals surface area contributed by atoms with E-state index in [1.165, 1.54) is 4.88 Å². The minimum absolute atomic E-state index is 0.00735. The maximum absolute atomic E-state index is 4.78. The fourth-order valence-electron chi connectivity index (χ4n) is 1.93. The largest absolute Gasteiger partial charge is 0.373 e. The van der Waals surface area contributed by atoms with Gasteiger partial charge in [-0.2, -0.15) is 0 Å². The summed E-state index contributed by atoms with van der Waals surface area (Å²) in [6.07, 6.45) is 0. The Morgan fingerprint density at radius 2 is 1.62 bits per heavy atom. The maximum Gasteiger partial charge on any atom is 0.171 e. The second-order valence-corrected chi connectivity index (χ2v) is 8.46. The van der Waals surface area contributed by atoms with Gasteiger partial charge in [-0.05, 0) is 17.5 Å². The minimum Gasteiger partial charge on any atom is -0.373 e. The molecule has 2 aromatic heterocycles. The monoisotopic (exact) mass is 303 g/mol. The van der Waals surface area contributed by atoms with Gasteiger partial charge in [0.2, 0.25) is 0 Å². The van der Waals surface area contributed by atoms with Crippen molar-refractivity contribution in [2.24, 2.45) is 0 Å². The van der Waals surface area contributed by atoms with Crippen molar-refractivity contribution in [3.8, 4) is 10.7 Å². The van der Waals surface area contributed by atoms with E-state index in [0.29, 0.717) is 0 Å².